The van der Waals surface area contributed by atoms with Gasteiger partial charge in [0.25, 0.3) is 5.91 Å². The SMILES string of the molecule is CN(C)c1cc(C#Cc2ccccc2)ccc1C(=O)Nc1ccccc1C(=O)O. The summed E-state index contributed by atoms with van der Waals surface area (Å²) in [6, 6.07) is 21.3. The molecule has 0 radical (unpaired) electrons. The van der Waals surface area contributed by atoms with Gasteiger partial charge in [-0.1, -0.05) is 42.2 Å². The molecule has 0 aliphatic carbocycles. The summed E-state index contributed by atoms with van der Waals surface area (Å²) in [5, 5.41) is 12.0. The standard InChI is InChI=1S/C24H20N2O3/c1-26(2)22-16-18(13-12-17-8-4-3-5-9-17)14-15-20(22)23(27)25-21-11-7-6-10-19(21)24(28)29/h3-11,14-16H,1-2H3,(H,25,27)(H,28,29). The van der Waals surface area contributed by atoms with Gasteiger partial charge in [0, 0.05) is 25.2 Å². The molecule has 3 aromatic carbocycles. The van der Waals surface area contributed by atoms with Crippen molar-refractivity contribution in [3.63, 3.8) is 0 Å². The van der Waals surface area contributed by atoms with Gasteiger partial charge in [0.15, 0.2) is 0 Å². The molecule has 0 bridgehead atoms. The molecular formula is C24H20N2O3. The van der Waals surface area contributed by atoms with Crippen LogP contribution in [-0.2, 0) is 0 Å². The van der Waals surface area contributed by atoms with Gasteiger partial charge in [0.1, 0.15) is 0 Å². The van der Waals surface area contributed by atoms with Crippen molar-refractivity contribution in [1.29, 1.82) is 0 Å². The van der Waals surface area contributed by atoms with E-state index in [0.29, 0.717) is 11.3 Å². The van der Waals surface area contributed by atoms with Crippen molar-refractivity contribution in [2.24, 2.45) is 0 Å². The number of carbonyl (C=O) groups excluding carboxylic acids is 1. The minimum absolute atomic E-state index is 0.0394. The van der Waals surface area contributed by atoms with Gasteiger partial charge in [0.05, 0.1) is 22.5 Å². The summed E-state index contributed by atoms with van der Waals surface area (Å²) < 4.78 is 0. The Morgan fingerprint density at radius 2 is 1.48 bits per heavy atom. The maximum Gasteiger partial charge on any atom is 0.337 e. The van der Waals surface area contributed by atoms with Crippen LogP contribution in [0.1, 0.15) is 31.8 Å². The Labute approximate surface area is 169 Å². The van der Waals surface area contributed by atoms with Crippen LogP contribution < -0.4 is 10.2 Å². The molecule has 0 aliphatic rings. The van der Waals surface area contributed by atoms with Gasteiger partial charge < -0.3 is 15.3 Å². The maximum atomic E-state index is 12.8. The summed E-state index contributed by atoms with van der Waals surface area (Å²) in [6.07, 6.45) is 0. The van der Waals surface area contributed by atoms with Gasteiger partial charge in [-0.05, 0) is 42.5 Å². The second kappa shape index (κ2) is 8.77. The van der Waals surface area contributed by atoms with Crippen molar-refractivity contribution < 1.29 is 14.7 Å². The number of aromatic carboxylic acids is 1. The average Bonchev–Trinajstić information content (AvgIpc) is 2.73. The molecule has 2 N–H and O–H groups in total. The second-order valence-corrected chi connectivity index (χ2v) is 6.55. The highest BCUT2D eigenvalue weighted by Gasteiger charge is 2.17. The highest BCUT2D eigenvalue weighted by Crippen LogP contribution is 2.23. The van der Waals surface area contributed by atoms with Gasteiger partial charge in [-0.2, -0.15) is 0 Å². The highest BCUT2D eigenvalue weighted by molar-refractivity contribution is 6.10. The number of carboxylic acid groups (broad SMARTS) is 1. The number of hydrogen-bond donors (Lipinski definition) is 2. The molecule has 5 nitrogen and oxygen atoms in total. The summed E-state index contributed by atoms with van der Waals surface area (Å²) >= 11 is 0. The number of para-hydroxylation sites is 1. The quantitative estimate of drug-likeness (QED) is 0.665. The lowest BCUT2D eigenvalue weighted by atomic mass is 10.1. The number of amides is 1. The van der Waals surface area contributed by atoms with Crippen molar-refractivity contribution in [1.82, 2.24) is 0 Å². The third-order valence-corrected chi connectivity index (χ3v) is 4.25. The minimum atomic E-state index is -1.10. The molecular weight excluding hydrogens is 364 g/mol. The molecule has 0 spiro atoms. The lowest BCUT2D eigenvalue weighted by molar-refractivity contribution is 0.0698. The summed E-state index contributed by atoms with van der Waals surface area (Å²) in [4.78, 5) is 26.0. The fraction of sp³-hybridized carbons (Fsp3) is 0.0833. The third kappa shape index (κ3) is 4.82. The average molecular weight is 384 g/mol. The smallest absolute Gasteiger partial charge is 0.337 e. The molecule has 29 heavy (non-hydrogen) atoms. The van der Waals surface area contributed by atoms with Crippen LogP contribution in [0.15, 0.2) is 72.8 Å². The van der Waals surface area contributed by atoms with E-state index in [1.54, 1.807) is 30.3 Å². The Hall–Kier alpha value is -4.04. The van der Waals surface area contributed by atoms with Crippen molar-refractivity contribution >= 4 is 23.3 Å². The third-order valence-electron chi connectivity index (χ3n) is 4.25. The molecule has 0 saturated carbocycles. The molecule has 0 fully saturated rings. The lowest BCUT2D eigenvalue weighted by Crippen LogP contribution is -2.19. The van der Waals surface area contributed by atoms with E-state index >= 15 is 0 Å². The molecule has 5 heteroatoms. The second-order valence-electron chi connectivity index (χ2n) is 6.55. The van der Waals surface area contributed by atoms with E-state index in [9.17, 15) is 14.7 Å². The van der Waals surface area contributed by atoms with Crippen LogP contribution >= 0.6 is 0 Å². The normalized spacial score (nSPS) is 9.86. The van der Waals surface area contributed by atoms with Crippen LogP contribution in [0.3, 0.4) is 0 Å². The summed E-state index contributed by atoms with van der Waals surface area (Å²) in [5.41, 5.74) is 3.10. The molecule has 3 rings (SSSR count). The Kier molecular flexibility index (Phi) is 5.96. The number of carbonyl (C=O) groups is 2. The highest BCUT2D eigenvalue weighted by atomic mass is 16.4. The number of nitrogens with zero attached hydrogens (tertiary/aromatic N) is 1. The summed E-state index contributed by atoms with van der Waals surface area (Å²) in [7, 11) is 3.68. The van der Waals surface area contributed by atoms with Crippen molar-refractivity contribution in [2.75, 3.05) is 24.3 Å². The Bertz CT molecular complexity index is 1110. The zero-order valence-electron chi connectivity index (χ0n) is 16.1. The first-order valence-electron chi connectivity index (χ1n) is 8.98. The molecule has 0 heterocycles. The van der Waals surface area contributed by atoms with Gasteiger partial charge in [0.2, 0.25) is 0 Å². The van der Waals surface area contributed by atoms with Gasteiger partial charge in [-0.25, -0.2) is 4.79 Å². The lowest BCUT2D eigenvalue weighted by Gasteiger charge is -2.18. The summed E-state index contributed by atoms with van der Waals surface area (Å²) in [6.45, 7) is 0. The molecule has 1 amide bonds. The molecule has 0 unspecified atom stereocenters. The predicted octanol–water partition coefficient (Wildman–Crippen LogP) is 4.10. The van der Waals surface area contributed by atoms with Crippen molar-refractivity contribution in [2.45, 2.75) is 0 Å². The molecule has 144 valence electrons. The number of benzene rings is 3. The Morgan fingerprint density at radius 3 is 2.17 bits per heavy atom. The van der Waals surface area contributed by atoms with E-state index in [1.165, 1.54) is 6.07 Å². The van der Waals surface area contributed by atoms with Crippen molar-refractivity contribution in [3.05, 3.63) is 95.1 Å². The van der Waals surface area contributed by atoms with Crippen LogP contribution in [-0.4, -0.2) is 31.1 Å². The largest absolute Gasteiger partial charge is 0.478 e. The molecule has 0 saturated heterocycles. The number of anilines is 2. The maximum absolute atomic E-state index is 12.8. The number of nitrogens with one attached hydrogen (secondary N) is 1. The number of hydrogen-bond acceptors (Lipinski definition) is 3. The van der Waals surface area contributed by atoms with Gasteiger partial charge >= 0.3 is 5.97 Å². The van der Waals surface area contributed by atoms with Crippen LogP contribution in [0.4, 0.5) is 11.4 Å². The first-order chi connectivity index (χ1) is 14.0. The minimum Gasteiger partial charge on any atom is -0.478 e. The number of rotatable bonds is 4. The van der Waals surface area contributed by atoms with Crippen LogP contribution in [0.2, 0.25) is 0 Å². The first kappa shape index (κ1) is 19.7. The van der Waals surface area contributed by atoms with E-state index in [-0.39, 0.29) is 17.2 Å². The summed E-state index contributed by atoms with van der Waals surface area (Å²) in [5.74, 6) is 4.73. The van der Waals surface area contributed by atoms with Crippen LogP contribution in [0, 0.1) is 11.8 Å². The Balaban J connectivity index is 1.91. The van der Waals surface area contributed by atoms with E-state index in [0.717, 1.165) is 11.1 Å². The van der Waals surface area contributed by atoms with Crippen molar-refractivity contribution in [3.8, 4) is 11.8 Å². The van der Waals surface area contributed by atoms with Gasteiger partial charge in [-0.15, -0.1) is 0 Å². The van der Waals surface area contributed by atoms with Crippen LogP contribution in [0.5, 0.6) is 0 Å². The monoisotopic (exact) mass is 384 g/mol. The topological polar surface area (TPSA) is 69.6 Å². The van der Waals surface area contributed by atoms with E-state index < -0.39 is 5.97 Å². The van der Waals surface area contributed by atoms with E-state index in [2.05, 4.69) is 17.2 Å². The zero-order chi connectivity index (χ0) is 20.8. The number of carboxylic acids is 1. The molecule has 0 aliphatic heterocycles. The Morgan fingerprint density at radius 1 is 0.828 bits per heavy atom. The fourth-order valence-corrected chi connectivity index (χ4v) is 2.81. The molecule has 3 aromatic rings. The predicted molar refractivity (Wildman–Crippen MR) is 115 cm³/mol. The van der Waals surface area contributed by atoms with Gasteiger partial charge in [-0.3, -0.25) is 4.79 Å². The molecule has 0 atom stereocenters. The van der Waals surface area contributed by atoms with Crippen LogP contribution in [0.25, 0.3) is 0 Å². The first-order valence-corrected chi connectivity index (χ1v) is 8.98. The molecule has 0 aromatic heterocycles. The fourth-order valence-electron chi connectivity index (χ4n) is 2.81. The van der Waals surface area contributed by atoms with E-state index in [1.807, 2.05) is 55.4 Å². The van der Waals surface area contributed by atoms with E-state index in [4.69, 9.17) is 0 Å². The zero-order valence-corrected chi connectivity index (χ0v) is 16.1.